The van der Waals surface area contributed by atoms with Crippen LogP contribution in [0.15, 0.2) is 41.4 Å². The van der Waals surface area contributed by atoms with Gasteiger partial charge in [-0.25, -0.2) is 9.98 Å². The molecule has 3 N–H and O–H groups in total. The fourth-order valence-electron chi connectivity index (χ4n) is 3.38. The largest absolute Gasteiger partial charge is 0.489 e. The number of hydrogen-bond acceptors (Lipinski definition) is 7. The Balaban J connectivity index is 1.68. The zero-order valence-corrected chi connectivity index (χ0v) is 14.3. The van der Waals surface area contributed by atoms with E-state index < -0.39 is 0 Å². The summed E-state index contributed by atoms with van der Waals surface area (Å²) in [6.45, 7) is 1.23. The second kappa shape index (κ2) is 5.92. The van der Waals surface area contributed by atoms with Crippen LogP contribution < -0.4 is 20.5 Å². The maximum absolute atomic E-state index is 9.03. The van der Waals surface area contributed by atoms with E-state index in [1.807, 2.05) is 28.8 Å². The molecule has 5 rings (SSSR count). The number of aliphatic imine (C=N–C) groups is 1. The van der Waals surface area contributed by atoms with Gasteiger partial charge in [0.2, 0.25) is 5.95 Å². The predicted molar refractivity (Wildman–Crippen MR) is 99.9 cm³/mol. The summed E-state index contributed by atoms with van der Waals surface area (Å²) >= 11 is 0. The summed E-state index contributed by atoms with van der Waals surface area (Å²) in [4.78, 5) is 9.21. The molecule has 1 aromatic heterocycles. The monoisotopic (exact) mass is 360 g/mol. The van der Waals surface area contributed by atoms with Crippen molar-refractivity contribution in [2.24, 2.45) is 10.7 Å². The summed E-state index contributed by atoms with van der Waals surface area (Å²) < 4.78 is 13.6. The Morgan fingerprint density at radius 1 is 1.15 bits per heavy atom. The highest BCUT2D eigenvalue weighted by Gasteiger charge is 2.26. The fraction of sp³-hybridized carbons (Fsp3) is 0.211. The molecule has 2 aliphatic heterocycles. The molecule has 0 radical (unpaired) electrons. The minimum absolute atomic E-state index is 0.293. The van der Waals surface area contributed by atoms with Crippen molar-refractivity contribution in [3.63, 3.8) is 0 Å². The molecule has 8 heteroatoms. The summed E-state index contributed by atoms with van der Waals surface area (Å²) in [5.41, 5.74) is 9.12. The second-order valence-corrected chi connectivity index (χ2v) is 6.39. The number of hydrogen-bond donors (Lipinski definition) is 2. The van der Waals surface area contributed by atoms with Gasteiger partial charge in [-0.15, -0.1) is 0 Å². The smallest absolute Gasteiger partial charge is 0.212 e. The van der Waals surface area contributed by atoms with Gasteiger partial charge in [0.05, 0.1) is 35.9 Å². The summed E-state index contributed by atoms with van der Waals surface area (Å²) in [6.07, 6.45) is 0.456. The van der Waals surface area contributed by atoms with Crippen molar-refractivity contribution in [3.05, 3.63) is 47.5 Å². The zero-order chi connectivity index (χ0) is 18.4. The lowest BCUT2D eigenvalue weighted by Crippen LogP contribution is -2.31. The molecule has 0 saturated carbocycles. The Morgan fingerprint density at radius 2 is 1.89 bits per heavy atom. The van der Waals surface area contributed by atoms with Crippen molar-refractivity contribution >= 4 is 22.9 Å². The van der Waals surface area contributed by atoms with Gasteiger partial charge in [0, 0.05) is 18.6 Å². The van der Waals surface area contributed by atoms with Gasteiger partial charge >= 0.3 is 0 Å². The van der Waals surface area contributed by atoms with E-state index in [0.717, 1.165) is 23.0 Å². The lowest BCUT2D eigenvalue weighted by Gasteiger charge is -2.24. The fourth-order valence-corrected chi connectivity index (χ4v) is 3.38. The lowest BCUT2D eigenvalue weighted by atomic mass is 10.1. The molecule has 2 aliphatic rings. The van der Waals surface area contributed by atoms with Crippen molar-refractivity contribution in [2.45, 2.75) is 12.6 Å². The van der Waals surface area contributed by atoms with Crippen molar-refractivity contribution < 1.29 is 9.47 Å². The molecule has 3 aromatic rings. The Bertz CT molecular complexity index is 1110. The molecule has 8 nitrogen and oxygen atoms in total. The van der Waals surface area contributed by atoms with E-state index in [1.165, 1.54) is 0 Å². The third kappa shape index (κ3) is 2.52. The van der Waals surface area contributed by atoms with Gasteiger partial charge in [0.25, 0.3) is 0 Å². The molecule has 0 aliphatic carbocycles. The van der Waals surface area contributed by atoms with E-state index in [9.17, 15) is 0 Å². The normalized spacial score (nSPS) is 18.0. The average molecular weight is 360 g/mol. The Hall–Kier alpha value is -3.73. The highest BCUT2D eigenvalue weighted by atomic mass is 16.5. The van der Waals surface area contributed by atoms with E-state index in [-0.39, 0.29) is 6.17 Å². The van der Waals surface area contributed by atoms with E-state index >= 15 is 0 Å². The van der Waals surface area contributed by atoms with Crippen LogP contribution in [0.5, 0.6) is 11.5 Å². The number of anilines is 1. The van der Waals surface area contributed by atoms with Crippen LogP contribution in [-0.2, 0) is 0 Å². The maximum atomic E-state index is 9.03. The predicted octanol–water partition coefficient (Wildman–Crippen LogP) is 2.36. The molecule has 3 heterocycles. The van der Waals surface area contributed by atoms with E-state index in [2.05, 4.69) is 21.4 Å². The van der Waals surface area contributed by atoms with Crippen LogP contribution in [0.3, 0.4) is 0 Å². The number of guanidine groups is 1. The van der Waals surface area contributed by atoms with E-state index in [1.54, 1.807) is 12.1 Å². The van der Waals surface area contributed by atoms with Crippen LogP contribution in [0.1, 0.15) is 23.7 Å². The van der Waals surface area contributed by atoms with Crippen LogP contribution in [0, 0.1) is 11.3 Å². The summed E-state index contributed by atoms with van der Waals surface area (Å²) in [7, 11) is 0. The Morgan fingerprint density at radius 3 is 2.63 bits per heavy atom. The highest BCUT2D eigenvalue weighted by Crippen LogP contribution is 2.38. The van der Waals surface area contributed by atoms with Gasteiger partial charge in [-0.3, -0.25) is 9.88 Å². The zero-order valence-electron chi connectivity index (χ0n) is 14.3. The number of nitrogens with zero attached hydrogens (tertiary/aromatic N) is 4. The van der Waals surface area contributed by atoms with Crippen LogP contribution in [0.2, 0.25) is 0 Å². The van der Waals surface area contributed by atoms with Crippen molar-refractivity contribution in [1.82, 2.24) is 9.55 Å². The first-order valence-electron chi connectivity index (χ1n) is 8.65. The Kier molecular flexibility index (Phi) is 3.40. The molecular formula is C19H16N6O2. The van der Waals surface area contributed by atoms with Crippen molar-refractivity contribution in [3.8, 4) is 17.6 Å². The summed E-state index contributed by atoms with van der Waals surface area (Å²) in [6, 6.07) is 13.2. The molecule has 0 spiro atoms. The van der Waals surface area contributed by atoms with Crippen LogP contribution in [0.25, 0.3) is 11.0 Å². The molecule has 0 bridgehead atoms. The molecular weight excluding hydrogens is 344 g/mol. The maximum Gasteiger partial charge on any atom is 0.212 e. The SMILES string of the molecule is N#Cc1ccc([C@@H]2N=C(N)Nc3nc4cc5c(cc4n32)OCCCO5)cc1. The topological polar surface area (TPSA) is 110 Å². The van der Waals surface area contributed by atoms with Gasteiger partial charge in [-0.05, 0) is 17.7 Å². The molecule has 0 fully saturated rings. The van der Waals surface area contributed by atoms with Gasteiger partial charge in [-0.2, -0.15) is 5.26 Å². The average Bonchev–Trinajstić information content (AvgIpc) is 2.87. The minimum atomic E-state index is -0.385. The van der Waals surface area contributed by atoms with Crippen LogP contribution in [-0.4, -0.2) is 28.7 Å². The Labute approximate surface area is 154 Å². The van der Waals surface area contributed by atoms with Gasteiger partial charge < -0.3 is 15.2 Å². The van der Waals surface area contributed by atoms with Gasteiger partial charge in [0.1, 0.15) is 0 Å². The van der Waals surface area contributed by atoms with Gasteiger partial charge in [0.15, 0.2) is 23.6 Å². The molecule has 0 unspecified atom stereocenters. The van der Waals surface area contributed by atoms with Crippen molar-refractivity contribution in [2.75, 3.05) is 18.5 Å². The summed E-state index contributed by atoms with van der Waals surface area (Å²) in [5.74, 6) is 2.29. The number of nitriles is 1. The van der Waals surface area contributed by atoms with Gasteiger partial charge in [-0.1, -0.05) is 12.1 Å². The first-order chi connectivity index (χ1) is 13.2. The number of benzene rings is 2. The minimum Gasteiger partial charge on any atom is -0.489 e. The molecule has 2 aromatic carbocycles. The second-order valence-electron chi connectivity index (χ2n) is 6.39. The lowest BCUT2D eigenvalue weighted by molar-refractivity contribution is 0.297. The first-order valence-corrected chi connectivity index (χ1v) is 8.65. The van der Waals surface area contributed by atoms with E-state index in [4.69, 9.17) is 20.5 Å². The quantitative estimate of drug-likeness (QED) is 0.689. The number of fused-ring (bicyclic) bond motifs is 4. The van der Waals surface area contributed by atoms with Crippen molar-refractivity contribution in [1.29, 1.82) is 5.26 Å². The number of aromatic nitrogens is 2. The molecule has 1 atom stereocenters. The highest BCUT2D eigenvalue weighted by molar-refractivity contribution is 5.95. The number of nitrogens with two attached hydrogens (primary N) is 1. The molecule has 27 heavy (non-hydrogen) atoms. The number of imidazole rings is 1. The first kappa shape index (κ1) is 15.5. The third-order valence-electron chi connectivity index (χ3n) is 4.64. The number of nitrogens with one attached hydrogen (secondary N) is 1. The standard InChI is InChI=1S/C19H16N6O2/c20-10-11-2-4-12(5-3-11)17-23-18(21)24-19-22-13-8-15-16(9-14(13)25(17)19)27-7-1-6-26-15/h2-5,8-9,17H,1,6-7H2,(H3,21,22,23,24)/t17-/m1/s1. The molecule has 0 amide bonds. The molecule has 0 saturated heterocycles. The summed E-state index contributed by atoms with van der Waals surface area (Å²) in [5, 5.41) is 12.1. The third-order valence-corrected chi connectivity index (χ3v) is 4.64. The van der Waals surface area contributed by atoms with Crippen LogP contribution in [0.4, 0.5) is 5.95 Å². The van der Waals surface area contributed by atoms with Crippen LogP contribution >= 0.6 is 0 Å². The number of rotatable bonds is 1. The molecule has 134 valence electrons. The van der Waals surface area contributed by atoms with E-state index in [0.29, 0.717) is 42.2 Å². The number of ether oxygens (including phenoxy) is 2.